The predicted octanol–water partition coefficient (Wildman–Crippen LogP) is 1.99. The molecule has 0 aromatic carbocycles. The minimum Gasteiger partial charge on any atom is -0.510 e. The summed E-state index contributed by atoms with van der Waals surface area (Å²) in [5.41, 5.74) is -0.450. The number of ketones is 1. The summed E-state index contributed by atoms with van der Waals surface area (Å²) < 4.78 is 0. The fourth-order valence-electron chi connectivity index (χ4n) is 0.992. The molecule has 56 valence electrons. The van der Waals surface area contributed by atoms with Crippen LogP contribution in [0.2, 0.25) is 0 Å². The number of allylic oxidation sites excluding steroid dienone is 2. The quantitative estimate of drug-likeness (QED) is 0.589. The molecule has 1 rings (SSSR count). The van der Waals surface area contributed by atoms with E-state index in [9.17, 15) is 9.90 Å². The summed E-state index contributed by atoms with van der Waals surface area (Å²) in [5.74, 6) is -0.136. The first-order valence-corrected chi connectivity index (χ1v) is 3.45. The van der Waals surface area contributed by atoms with E-state index in [0.717, 1.165) is 0 Å². The SMILES string of the molecule is CC1(C)CC(=O)C(Cl)=C1O. The number of halogens is 1. The van der Waals surface area contributed by atoms with Gasteiger partial charge in [0.2, 0.25) is 0 Å². The maximum atomic E-state index is 10.9. The zero-order chi connectivity index (χ0) is 7.94. The first-order valence-electron chi connectivity index (χ1n) is 3.07. The van der Waals surface area contributed by atoms with Crippen LogP contribution < -0.4 is 0 Å². The minimum absolute atomic E-state index is 0.00463. The van der Waals surface area contributed by atoms with Gasteiger partial charge in [-0.15, -0.1) is 0 Å². The third-order valence-corrected chi connectivity index (χ3v) is 2.09. The molecule has 0 atom stereocenters. The van der Waals surface area contributed by atoms with Crippen molar-refractivity contribution in [2.24, 2.45) is 5.41 Å². The number of aliphatic hydroxyl groups excluding tert-OH is 1. The van der Waals surface area contributed by atoms with E-state index in [-0.39, 0.29) is 16.6 Å². The molecule has 0 spiro atoms. The van der Waals surface area contributed by atoms with Crippen LogP contribution in [0, 0.1) is 5.41 Å². The number of hydrogen-bond donors (Lipinski definition) is 1. The Morgan fingerprint density at radius 1 is 1.60 bits per heavy atom. The van der Waals surface area contributed by atoms with E-state index in [0.29, 0.717) is 6.42 Å². The Balaban J connectivity index is 3.06. The molecule has 0 fully saturated rings. The summed E-state index contributed by atoms with van der Waals surface area (Å²) in [7, 11) is 0. The molecular weight excluding hydrogens is 152 g/mol. The van der Waals surface area contributed by atoms with Crippen molar-refractivity contribution in [3.8, 4) is 0 Å². The Hall–Kier alpha value is -0.500. The number of carbonyl (C=O) groups is 1. The van der Waals surface area contributed by atoms with E-state index < -0.39 is 5.41 Å². The Morgan fingerprint density at radius 3 is 2.20 bits per heavy atom. The molecule has 0 aliphatic heterocycles. The molecule has 1 N–H and O–H groups in total. The zero-order valence-corrected chi connectivity index (χ0v) is 6.70. The van der Waals surface area contributed by atoms with E-state index in [4.69, 9.17) is 11.6 Å². The standard InChI is InChI=1S/C7H9ClO2/c1-7(2)3-4(9)5(8)6(7)10/h10H,3H2,1-2H3. The lowest BCUT2D eigenvalue weighted by Crippen LogP contribution is -2.10. The average molecular weight is 161 g/mol. The van der Waals surface area contributed by atoms with Crippen LogP contribution in [0.5, 0.6) is 0 Å². The highest BCUT2D eigenvalue weighted by Crippen LogP contribution is 2.39. The van der Waals surface area contributed by atoms with Gasteiger partial charge in [-0.3, -0.25) is 4.79 Å². The smallest absolute Gasteiger partial charge is 0.178 e. The van der Waals surface area contributed by atoms with Crippen molar-refractivity contribution in [1.29, 1.82) is 0 Å². The Bertz CT molecular complexity index is 216. The van der Waals surface area contributed by atoms with Crippen LogP contribution in [-0.4, -0.2) is 10.9 Å². The molecule has 0 radical (unpaired) electrons. The summed E-state index contributed by atoms with van der Waals surface area (Å²) in [6.07, 6.45) is 0.317. The summed E-state index contributed by atoms with van der Waals surface area (Å²) >= 11 is 5.48. The third-order valence-electron chi connectivity index (χ3n) is 1.70. The van der Waals surface area contributed by atoms with Crippen molar-refractivity contribution in [2.75, 3.05) is 0 Å². The molecule has 0 unspecified atom stereocenters. The van der Waals surface area contributed by atoms with Crippen molar-refractivity contribution < 1.29 is 9.90 Å². The van der Waals surface area contributed by atoms with Crippen molar-refractivity contribution >= 4 is 17.4 Å². The van der Waals surface area contributed by atoms with Gasteiger partial charge in [0, 0.05) is 11.8 Å². The molecule has 10 heavy (non-hydrogen) atoms. The van der Waals surface area contributed by atoms with Crippen molar-refractivity contribution in [3.63, 3.8) is 0 Å². The molecule has 1 aliphatic rings. The fraction of sp³-hybridized carbons (Fsp3) is 0.571. The molecule has 0 aromatic rings. The highest BCUT2D eigenvalue weighted by atomic mass is 35.5. The number of aliphatic hydroxyl groups is 1. The van der Waals surface area contributed by atoms with Gasteiger partial charge in [0.15, 0.2) is 5.78 Å². The van der Waals surface area contributed by atoms with Crippen molar-refractivity contribution in [1.82, 2.24) is 0 Å². The van der Waals surface area contributed by atoms with Crippen LogP contribution in [-0.2, 0) is 4.79 Å². The minimum atomic E-state index is -0.450. The van der Waals surface area contributed by atoms with E-state index in [2.05, 4.69) is 0 Å². The van der Waals surface area contributed by atoms with E-state index in [1.165, 1.54) is 0 Å². The Labute approximate surface area is 64.5 Å². The van der Waals surface area contributed by atoms with Crippen LogP contribution in [0.3, 0.4) is 0 Å². The van der Waals surface area contributed by atoms with Crippen molar-refractivity contribution in [2.45, 2.75) is 20.3 Å². The number of hydrogen-bond acceptors (Lipinski definition) is 2. The molecule has 2 nitrogen and oxygen atoms in total. The zero-order valence-electron chi connectivity index (χ0n) is 5.94. The average Bonchev–Trinajstić information content (AvgIpc) is 1.95. The topological polar surface area (TPSA) is 37.3 Å². The van der Waals surface area contributed by atoms with Gasteiger partial charge in [-0.05, 0) is 0 Å². The van der Waals surface area contributed by atoms with Gasteiger partial charge in [-0.1, -0.05) is 25.4 Å². The number of carbonyl (C=O) groups excluding carboxylic acids is 1. The summed E-state index contributed by atoms with van der Waals surface area (Å²) in [6, 6.07) is 0. The Morgan fingerprint density at radius 2 is 2.10 bits per heavy atom. The van der Waals surface area contributed by atoms with Gasteiger partial charge >= 0.3 is 0 Å². The molecule has 0 saturated heterocycles. The number of rotatable bonds is 0. The maximum absolute atomic E-state index is 10.9. The molecule has 1 aliphatic carbocycles. The molecule has 3 heteroatoms. The maximum Gasteiger partial charge on any atom is 0.178 e. The Kier molecular flexibility index (Phi) is 1.51. The van der Waals surface area contributed by atoms with Gasteiger partial charge in [0.1, 0.15) is 10.8 Å². The van der Waals surface area contributed by atoms with Crippen molar-refractivity contribution in [3.05, 3.63) is 10.8 Å². The second-order valence-corrected chi connectivity index (χ2v) is 3.52. The van der Waals surface area contributed by atoms with Gasteiger partial charge < -0.3 is 5.11 Å². The highest BCUT2D eigenvalue weighted by molar-refractivity contribution is 6.43. The van der Waals surface area contributed by atoms with Crippen LogP contribution in [0.25, 0.3) is 0 Å². The van der Waals surface area contributed by atoms with Crippen LogP contribution in [0.15, 0.2) is 10.8 Å². The molecule has 0 saturated carbocycles. The van der Waals surface area contributed by atoms with E-state index in [1.807, 2.05) is 0 Å². The lowest BCUT2D eigenvalue weighted by Gasteiger charge is -2.14. The number of Topliss-reactive ketones (excluding diaryl/α,β-unsaturated/α-hetero) is 1. The van der Waals surface area contributed by atoms with Crippen LogP contribution >= 0.6 is 11.6 Å². The molecule has 0 heterocycles. The monoisotopic (exact) mass is 160 g/mol. The lowest BCUT2D eigenvalue weighted by atomic mass is 9.91. The molecule has 0 aromatic heterocycles. The first-order chi connectivity index (χ1) is 4.45. The molecule has 0 bridgehead atoms. The van der Waals surface area contributed by atoms with Gasteiger partial charge in [0.05, 0.1) is 0 Å². The second kappa shape index (κ2) is 1.99. The normalized spacial score (nSPS) is 24.1. The summed E-state index contributed by atoms with van der Waals surface area (Å²) in [4.78, 5) is 10.9. The first kappa shape index (κ1) is 7.61. The van der Waals surface area contributed by atoms with Crippen LogP contribution in [0.4, 0.5) is 0 Å². The van der Waals surface area contributed by atoms with E-state index in [1.54, 1.807) is 13.8 Å². The fourth-order valence-corrected chi connectivity index (χ4v) is 1.31. The van der Waals surface area contributed by atoms with Gasteiger partial charge in [-0.2, -0.15) is 0 Å². The molecule has 0 amide bonds. The highest BCUT2D eigenvalue weighted by Gasteiger charge is 2.37. The second-order valence-electron chi connectivity index (χ2n) is 3.15. The summed E-state index contributed by atoms with van der Waals surface area (Å²) in [6.45, 7) is 3.57. The van der Waals surface area contributed by atoms with Gasteiger partial charge in [0.25, 0.3) is 0 Å². The lowest BCUT2D eigenvalue weighted by molar-refractivity contribution is -0.115. The third kappa shape index (κ3) is 0.926. The largest absolute Gasteiger partial charge is 0.510 e. The predicted molar refractivity (Wildman–Crippen MR) is 38.9 cm³/mol. The van der Waals surface area contributed by atoms with Gasteiger partial charge in [-0.25, -0.2) is 0 Å². The van der Waals surface area contributed by atoms with E-state index >= 15 is 0 Å². The summed E-state index contributed by atoms with van der Waals surface area (Å²) in [5, 5.41) is 9.23. The van der Waals surface area contributed by atoms with Crippen LogP contribution in [0.1, 0.15) is 20.3 Å². The molecular formula is C7H9ClO2.